The van der Waals surface area contributed by atoms with Crippen LogP contribution >= 0.6 is 0 Å². The van der Waals surface area contributed by atoms with Gasteiger partial charge in [0.1, 0.15) is 6.54 Å². The topological polar surface area (TPSA) is 110 Å². The molecular formula is C10H16N4O4. The van der Waals surface area contributed by atoms with E-state index in [-0.39, 0.29) is 36.8 Å². The highest BCUT2D eigenvalue weighted by molar-refractivity contribution is 5.76. The molecular weight excluding hydrogens is 240 g/mol. The van der Waals surface area contributed by atoms with E-state index in [9.17, 15) is 14.9 Å². The quantitative estimate of drug-likeness (QED) is 0.546. The molecule has 0 aliphatic heterocycles. The Bertz CT molecular complexity index is 429. The maximum absolute atomic E-state index is 11.6. The zero-order valence-corrected chi connectivity index (χ0v) is 10.2. The number of nitrogens with one attached hydrogen (secondary N) is 1. The van der Waals surface area contributed by atoms with Crippen LogP contribution in [0.2, 0.25) is 0 Å². The van der Waals surface area contributed by atoms with Gasteiger partial charge in [0.05, 0.1) is 30.0 Å². The van der Waals surface area contributed by atoms with Gasteiger partial charge in [-0.15, -0.1) is 0 Å². The Balaban J connectivity index is 2.56. The molecule has 0 saturated heterocycles. The summed E-state index contributed by atoms with van der Waals surface area (Å²) in [6.07, 6.45) is 1.36. The molecule has 1 aromatic heterocycles. The van der Waals surface area contributed by atoms with Gasteiger partial charge in [-0.1, -0.05) is 13.8 Å². The molecule has 0 radical (unpaired) electrons. The molecule has 18 heavy (non-hydrogen) atoms. The van der Waals surface area contributed by atoms with Gasteiger partial charge in [0.15, 0.2) is 0 Å². The van der Waals surface area contributed by atoms with Crippen molar-refractivity contribution in [3.8, 4) is 0 Å². The van der Waals surface area contributed by atoms with Crippen molar-refractivity contribution in [1.82, 2.24) is 15.1 Å². The van der Waals surface area contributed by atoms with Gasteiger partial charge in [-0.05, 0) is 10.8 Å². The van der Waals surface area contributed by atoms with Crippen LogP contribution in [0.25, 0.3) is 0 Å². The second kappa shape index (κ2) is 6.10. The molecule has 1 aromatic rings. The van der Waals surface area contributed by atoms with E-state index in [1.165, 1.54) is 16.9 Å². The Kier molecular flexibility index (Phi) is 4.78. The van der Waals surface area contributed by atoms with Gasteiger partial charge in [0, 0.05) is 0 Å². The second-order valence-electron chi connectivity index (χ2n) is 4.23. The third kappa shape index (κ3) is 3.81. The summed E-state index contributed by atoms with van der Waals surface area (Å²) in [5.41, 5.74) is 0. The zero-order chi connectivity index (χ0) is 13.7. The van der Waals surface area contributed by atoms with E-state index in [4.69, 9.17) is 5.11 Å². The van der Waals surface area contributed by atoms with Crippen LogP contribution in [0.5, 0.6) is 0 Å². The van der Waals surface area contributed by atoms with Crippen molar-refractivity contribution >= 4 is 11.7 Å². The van der Waals surface area contributed by atoms with E-state index in [0.717, 1.165) is 0 Å². The summed E-state index contributed by atoms with van der Waals surface area (Å²) in [5, 5.41) is 25.7. The molecule has 1 heterocycles. The molecule has 0 aliphatic carbocycles. The molecule has 0 saturated carbocycles. The number of aromatic nitrogens is 2. The third-order valence-electron chi connectivity index (χ3n) is 2.47. The van der Waals surface area contributed by atoms with Crippen molar-refractivity contribution in [1.29, 1.82) is 0 Å². The first-order valence-corrected chi connectivity index (χ1v) is 5.52. The monoisotopic (exact) mass is 256 g/mol. The van der Waals surface area contributed by atoms with Gasteiger partial charge < -0.3 is 20.5 Å². The minimum atomic E-state index is -0.626. The lowest BCUT2D eigenvalue weighted by atomic mass is 10.1. The van der Waals surface area contributed by atoms with Crippen LogP contribution in [-0.4, -0.2) is 38.4 Å². The highest BCUT2D eigenvalue weighted by atomic mass is 16.6. The number of nitro groups is 1. The van der Waals surface area contributed by atoms with E-state index in [1.54, 1.807) is 0 Å². The first-order chi connectivity index (χ1) is 8.43. The molecule has 0 aromatic carbocycles. The van der Waals surface area contributed by atoms with Crippen LogP contribution in [0.15, 0.2) is 12.3 Å². The number of nitrogens with zero attached hydrogens (tertiary/aromatic N) is 3. The fraction of sp³-hybridized carbons (Fsp3) is 0.600. The van der Waals surface area contributed by atoms with Crippen LogP contribution in [0, 0.1) is 16.0 Å². The fourth-order valence-electron chi connectivity index (χ4n) is 1.36. The predicted octanol–water partition coefficient (Wildman–Crippen LogP) is -0.0756. The van der Waals surface area contributed by atoms with Crippen molar-refractivity contribution in [2.45, 2.75) is 26.4 Å². The third-order valence-corrected chi connectivity index (χ3v) is 2.47. The van der Waals surface area contributed by atoms with Gasteiger partial charge in [0.2, 0.25) is 5.91 Å². The Morgan fingerprint density at radius 3 is 2.78 bits per heavy atom. The first-order valence-electron chi connectivity index (χ1n) is 5.52. The van der Waals surface area contributed by atoms with E-state index < -0.39 is 4.92 Å². The fourth-order valence-corrected chi connectivity index (χ4v) is 1.36. The van der Waals surface area contributed by atoms with Gasteiger partial charge in [-0.2, -0.15) is 4.68 Å². The molecule has 8 heteroatoms. The van der Waals surface area contributed by atoms with Crippen LogP contribution < -0.4 is 5.32 Å². The Morgan fingerprint density at radius 2 is 2.33 bits per heavy atom. The lowest BCUT2D eigenvalue weighted by Crippen LogP contribution is -2.42. The van der Waals surface area contributed by atoms with Crippen LogP contribution in [-0.2, 0) is 11.3 Å². The lowest BCUT2D eigenvalue weighted by molar-refractivity contribution is -0.389. The van der Waals surface area contributed by atoms with Crippen molar-refractivity contribution in [2.24, 2.45) is 5.92 Å². The number of amides is 1. The summed E-state index contributed by atoms with van der Waals surface area (Å²) in [6.45, 7) is 3.49. The molecule has 2 N–H and O–H groups in total. The highest BCUT2D eigenvalue weighted by Crippen LogP contribution is 2.05. The summed E-state index contributed by atoms with van der Waals surface area (Å²) < 4.78 is 1.18. The summed E-state index contributed by atoms with van der Waals surface area (Å²) >= 11 is 0. The van der Waals surface area contributed by atoms with Crippen molar-refractivity contribution in [3.05, 3.63) is 22.4 Å². The normalized spacial score (nSPS) is 12.4. The number of hydrogen-bond donors (Lipinski definition) is 2. The average Bonchev–Trinajstić information content (AvgIpc) is 2.74. The lowest BCUT2D eigenvalue weighted by Gasteiger charge is -2.19. The molecule has 100 valence electrons. The van der Waals surface area contributed by atoms with E-state index in [0.29, 0.717) is 0 Å². The number of carbonyl (C=O) groups is 1. The highest BCUT2D eigenvalue weighted by Gasteiger charge is 2.17. The molecule has 1 amide bonds. The molecule has 0 spiro atoms. The molecule has 0 aliphatic rings. The van der Waals surface area contributed by atoms with Crippen LogP contribution in [0.4, 0.5) is 5.82 Å². The van der Waals surface area contributed by atoms with E-state index in [2.05, 4.69) is 10.4 Å². The number of aliphatic hydroxyl groups excluding tert-OH is 1. The van der Waals surface area contributed by atoms with Gasteiger partial charge in [-0.3, -0.25) is 4.79 Å². The first kappa shape index (κ1) is 14.1. The van der Waals surface area contributed by atoms with Crippen LogP contribution in [0.1, 0.15) is 13.8 Å². The van der Waals surface area contributed by atoms with E-state index in [1.807, 2.05) is 13.8 Å². The SMILES string of the molecule is CC(C)[C@@H](CO)NC(=O)Cn1ccc([N+](=O)[O-])n1. The largest absolute Gasteiger partial charge is 0.394 e. The number of carbonyl (C=O) groups excluding carboxylic acids is 1. The van der Waals surface area contributed by atoms with Gasteiger partial charge in [-0.25, -0.2) is 0 Å². The minimum Gasteiger partial charge on any atom is -0.394 e. The smallest absolute Gasteiger partial charge is 0.389 e. The molecule has 0 fully saturated rings. The van der Waals surface area contributed by atoms with Gasteiger partial charge >= 0.3 is 5.82 Å². The number of rotatable bonds is 6. The summed E-state index contributed by atoms with van der Waals surface area (Å²) in [4.78, 5) is 21.4. The summed E-state index contributed by atoms with van der Waals surface area (Å²) in [7, 11) is 0. The maximum Gasteiger partial charge on any atom is 0.389 e. The second-order valence-corrected chi connectivity index (χ2v) is 4.23. The van der Waals surface area contributed by atoms with Crippen molar-refractivity contribution < 1.29 is 14.8 Å². The number of hydrogen-bond acceptors (Lipinski definition) is 5. The molecule has 0 unspecified atom stereocenters. The Hall–Kier alpha value is -1.96. The molecule has 8 nitrogen and oxygen atoms in total. The average molecular weight is 256 g/mol. The summed E-state index contributed by atoms with van der Waals surface area (Å²) in [6, 6.07) is 0.891. The van der Waals surface area contributed by atoms with Crippen molar-refractivity contribution in [3.63, 3.8) is 0 Å². The predicted molar refractivity (Wildman–Crippen MR) is 62.7 cm³/mol. The summed E-state index contributed by atoms with van der Waals surface area (Å²) in [5.74, 6) is -0.544. The van der Waals surface area contributed by atoms with Crippen molar-refractivity contribution in [2.75, 3.05) is 6.61 Å². The maximum atomic E-state index is 11.6. The Labute approximate surface area is 104 Å². The Morgan fingerprint density at radius 1 is 1.67 bits per heavy atom. The van der Waals surface area contributed by atoms with Crippen LogP contribution in [0.3, 0.4) is 0 Å². The number of aliphatic hydroxyl groups is 1. The molecule has 0 bridgehead atoms. The molecule has 1 rings (SSSR count). The van der Waals surface area contributed by atoms with Gasteiger partial charge in [0.25, 0.3) is 0 Å². The zero-order valence-electron chi connectivity index (χ0n) is 10.2. The molecule has 1 atom stereocenters. The minimum absolute atomic E-state index is 0.103. The standard InChI is InChI=1S/C10H16N4O4/c1-7(2)8(6-15)11-10(16)5-13-4-3-9(12-13)14(17)18/h3-4,7-8,15H,5-6H2,1-2H3,(H,11,16)/t8-/m1/s1. The van der Waals surface area contributed by atoms with E-state index >= 15 is 0 Å².